The van der Waals surface area contributed by atoms with E-state index in [0.29, 0.717) is 18.0 Å². The minimum Gasteiger partial charge on any atom is -0.454 e. The lowest BCUT2D eigenvalue weighted by molar-refractivity contribution is 0.173. The molecule has 2 amide bonds. The molecule has 1 heterocycles. The van der Waals surface area contributed by atoms with Crippen molar-refractivity contribution in [1.82, 2.24) is 14.5 Å². The van der Waals surface area contributed by atoms with E-state index in [-0.39, 0.29) is 31.2 Å². The van der Waals surface area contributed by atoms with Crippen LogP contribution >= 0.6 is 0 Å². The monoisotopic (exact) mass is 369 g/mol. The average Bonchev–Trinajstić information content (AvgIpc) is 3.29. The topological polar surface area (TPSA) is 88.2 Å². The van der Waals surface area contributed by atoms with Gasteiger partial charge in [0, 0.05) is 33.2 Å². The summed E-state index contributed by atoms with van der Waals surface area (Å²) in [6, 6.07) is 5.59. The average molecular weight is 369 g/mol. The van der Waals surface area contributed by atoms with Gasteiger partial charge >= 0.3 is 6.03 Å². The smallest absolute Gasteiger partial charge is 0.317 e. The predicted octanol–water partition coefficient (Wildman–Crippen LogP) is 0.981. The highest BCUT2D eigenvalue weighted by atomic mass is 32.2. The predicted molar refractivity (Wildman–Crippen MR) is 92.0 cm³/mol. The molecule has 0 aromatic heterocycles. The number of nitrogens with zero attached hydrogens (tertiary/aromatic N) is 2. The minimum absolute atomic E-state index is 0.0870. The van der Waals surface area contributed by atoms with Crippen molar-refractivity contribution in [2.24, 2.45) is 0 Å². The molecule has 0 radical (unpaired) electrons. The zero-order chi connectivity index (χ0) is 18.0. The number of carbonyl (C=O) groups excluding carboxylic acids is 1. The molecule has 1 aliphatic carbocycles. The van der Waals surface area contributed by atoms with Crippen LogP contribution in [0, 0.1) is 0 Å². The van der Waals surface area contributed by atoms with E-state index in [1.54, 1.807) is 4.90 Å². The largest absolute Gasteiger partial charge is 0.454 e. The molecule has 0 unspecified atom stereocenters. The summed E-state index contributed by atoms with van der Waals surface area (Å²) in [4.78, 5) is 14.2. The Morgan fingerprint density at radius 3 is 2.64 bits per heavy atom. The molecule has 138 valence electrons. The molecule has 0 saturated heterocycles. The van der Waals surface area contributed by atoms with Gasteiger partial charge in [0.2, 0.25) is 16.8 Å². The molecule has 0 atom stereocenters. The Morgan fingerprint density at radius 1 is 1.24 bits per heavy atom. The molecule has 0 spiro atoms. The summed E-state index contributed by atoms with van der Waals surface area (Å²) in [6.45, 7) is 0.753. The molecule has 1 aromatic rings. The quantitative estimate of drug-likeness (QED) is 0.774. The zero-order valence-corrected chi connectivity index (χ0v) is 15.2. The highest BCUT2D eigenvalue weighted by molar-refractivity contribution is 7.89. The zero-order valence-electron chi connectivity index (χ0n) is 14.4. The van der Waals surface area contributed by atoms with Crippen LogP contribution < -0.4 is 14.8 Å². The second-order valence-electron chi connectivity index (χ2n) is 6.38. The Kier molecular flexibility index (Phi) is 5.05. The van der Waals surface area contributed by atoms with Gasteiger partial charge < -0.3 is 19.7 Å². The summed E-state index contributed by atoms with van der Waals surface area (Å²) < 4.78 is 35.3. The van der Waals surface area contributed by atoms with Crippen LogP contribution in [-0.2, 0) is 16.6 Å². The Hall–Kier alpha value is -2.00. The molecule has 1 saturated carbocycles. The van der Waals surface area contributed by atoms with Gasteiger partial charge in [-0.3, -0.25) is 0 Å². The highest BCUT2D eigenvalue weighted by Gasteiger charge is 2.33. The Morgan fingerprint density at radius 2 is 1.96 bits per heavy atom. The van der Waals surface area contributed by atoms with Crippen LogP contribution in [0.3, 0.4) is 0 Å². The molecule has 9 heteroatoms. The van der Waals surface area contributed by atoms with Gasteiger partial charge in [0.15, 0.2) is 11.5 Å². The molecular formula is C16H23N3O5S. The van der Waals surface area contributed by atoms with E-state index in [0.717, 1.165) is 22.7 Å². The lowest BCUT2D eigenvalue weighted by Gasteiger charge is -2.23. The highest BCUT2D eigenvalue weighted by Crippen LogP contribution is 2.34. The molecule has 8 nitrogen and oxygen atoms in total. The molecule has 3 rings (SSSR count). The van der Waals surface area contributed by atoms with Crippen LogP contribution in [0.1, 0.15) is 18.4 Å². The van der Waals surface area contributed by atoms with E-state index in [4.69, 9.17) is 9.47 Å². The summed E-state index contributed by atoms with van der Waals surface area (Å²) in [5, 5.41) is 2.71. The molecular weight excluding hydrogens is 346 g/mol. The van der Waals surface area contributed by atoms with E-state index in [1.807, 2.05) is 18.2 Å². The van der Waals surface area contributed by atoms with Crippen molar-refractivity contribution in [1.29, 1.82) is 0 Å². The van der Waals surface area contributed by atoms with Crippen LogP contribution in [-0.4, -0.2) is 62.9 Å². The number of urea groups is 1. The number of benzene rings is 1. The van der Waals surface area contributed by atoms with E-state index >= 15 is 0 Å². The van der Waals surface area contributed by atoms with Gasteiger partial charge in [-0.05, 0) is 30.5 Å². The van der Waals surface area contributed by atoms with Crippen molar-refractivity contribution in [3.05, 3.63) is 23.8 Å². The summed E-state index contributed by atoms with van der Waals surface area (Å²) in [5.41, 5.74) is 0.951. The van der Waals surface area contributed by atoms with Crippen LogP contribution in [0.2, 0.25) is 0 Å². The molecule has 2 aliphatic rings. The third kappa shape index (κ3) is 4.35. The number of sulfonamides is 1. The van der Waals surface area contributed by atoms with Gasteiger partial charge in [0.25, 0.3) is 0 Å². The normalized spacial score (nSPS) is 16.1. The Bertz CT molecular complexity index is 746. The number of amides is 2. The fraction of sp³-hybridized carbons (Fsp3) is 0.562. The van der Waals surface area contributed by atoms with Crippen LogP contribution in [0.25, 0.3) is 0 Å². The SMILES string of the molecule is CN(C)S(=O)(=O)CCNC(=O)N(Cc1ccc2c(c1)OCO2)C1CC1. The second kappa shape index (κ2) is 7.09. The van der Waals surface area contributed by atoms with Gasteiger partial charge in [-0.1, -0.05) is 6.07 Å². The van der Waals surface area contributed by atoms with Crippen molar-refractivity contribution in [2.75, 3.05) is 33.2 Å². The van der Waals surface area contributed by atoms with Crippen LogP contribution in [0.4, 0.5) is 4.79 Å². The minimum atomic E-state index is -3.32. The van der Waals surface area contributed by atoms with Crippen molar-refractivity contribution >= 4 is 16.1 Å². The molecule has 25 heavy (non-hydrogen) atoms. The molecule has 0 bridgehead atoms. The summed E-state index contributed by atoms with van der Waals surface area (Å²) in [7, 11) is -0.361. The number of ether oxygens (including phenoxy) is 2. The Labute approximate surface area is 147 Å². The third-order valence-corrected chi connectivity index (χ3v) is 6.06. The van der Waals surface area contributed by atoms with Gasteiger partial charge in [0.05, 0.1) is 5.75 Å². The Balaban J connectivity index is 1.58. The number of rotatable bonds is 7. The van der Waals surface area contributed by atoms with E-state index in [2.05, 4.69) is 5.32 Å². The standard InChI is InChI=1S/C16H23N3O5S/c1-18(2)25(21,22)8-7-17-16(20)19(13-4-5-13)10-12-3-6-14-15(9-12)24-11-23-14/h3,6,9,13H,4-5,7-8,10-11H2,1-2H3,(H,17,20). The third-order valence-electron chi connectivity index (χ3n) is 4.23. The lowest BCUT2D eigenvalue weighted by atomic mass is 10.2. The number of fused-ring (bicyclic) bond motifs is 1. The number of hydrogen-bond acceptors (Lipinski definition) is 5. The fourth-order valence-electron chi connectivity index (χ4n) is 2.56. The first-order valence-corrected chi connectivity index (χ1v) is 9.81. The first-order valence-electron chi connectivity index (χ1n) is 8.20. The molecule has 1 aromatic carbocycles. The molecule has 1 fully saturated rings. The second-order valence-corrected chi connectivity index (χ2v) is 8.68. The van der Waals surface area contributed by atoms with Gasteiger partial charge in [-0.25, -0.2) is 17.5 Å². The lowest BCUT2D eigenvalue weighted by Crippen LogP contribution is -2.43. The van der Waals surface area contributed by atoms with Crippen LogP contribution in [0.15, 0.2) is 18.2 Å². The van der Waals surface area contributed by atoms with Crippen molar-refractivity contribution < 1.29 is 22.7 Å². The molecule has 1 aliphatic heterocycles. The summed E-state index contributed by atoms with van der Waals surface area (Å²) >= 11 is 0. The number of hydrogen-bond donors (Lipinski definition) is 1. The number of carbonyl (C=O) groups is 1. The van der Waals surface area contributed by atoms with Crippen molar-refractivity contribution in [3.63, 3.8) is 0 Å². The fourth-order valence-corrected chi connectivity index (χ4v) is 3.29. The van der Waals surface area contributed by atoms with Crippen molar-refractivity contribution in [3.8, 4) is 11.5 Å². The van der Waals surface area contributed by atoms with E-state index in [1.165, 1.54) is 14.1 Å². The van der Waals surface area contributed by atoms with Gasteiger partial charge in [-0.2, -0.15) is 0 Å². The number of nitrogens with one attached hydrogen (secondary N) is 1. The molecule has 1 N–H and O–H groups in total. The van der Waals surface area contributed by atoms with Crippen molar-refractivity contribution in [2.45, 2.75) is 25.4 Å². The maximum absolute atomic E-state index is 12.5. The van der Waals surface area contributed by atoms with E-state index in [9.17, 15) is 13.2 Å². The van der Waals surface area contributed by atoms with E-state index < -0.39 is 10.0 Å². The maximum atomic E-state index is 12.5. The van der Waals surface area contributed by atoms with Gasteiger partial charge in [-0.15, -0.1) is 0 Å². The first kappa shape index (κ1) is 17.8. The summed E-state index contributed by atoms with van der Waals surface area (Å²) in [6.07, 6.45) is 1.93. The first-order chi connectivity index (χ1) is 11.9. The van der Waals surface area contributed by atoms with Crippen LogP contribution in [0.5, 0.6) is 11.5 Å². The maximum Gasteiger partial charge on any atom is 0.317 e. The summed E-state index contributed by atoms with van der Waals surface area (Å²) in [5.74, 6) is 1.28. The van der Waals surface area contributed by atoms with Gasteiger partial charge in [0.1, 0.15) is 0 Å².